The molecule has 0 radical (unpaired) electrons. The van der Waals surface area contributed by atoms with Crippen molar-refractivity contribution in [1.29, 1.82) is 0 Å². The number of carbonyl (C=O) groups excluding carboxylic acids is 1. The average Bonchev–Trinajstić information content (AvgIpc) is 2.47. The zero-order valence-corrected chi connectivity index (χ0v) is 9.13. The van der Waals surface area contributed by atoms with Crippen molar-refractivity contribution >= 4 is 5.91 Å². The quantitative estimate of drug-likeness (QED) is 0.806. The molecular weight excluding hydrogens is 178 g/mol. The lowest BCUT2D eigenvalue weighted by molar-refractivity contribution is 0.0972. The van der Waals surface area contributed by atoms with Crippen LogP contribution in [0.25, 0.3) is 0 Å². The molecule has 0 spiro atoms. The molecule has 3 heteroatoms. The van der Waals surface area contributed by atoms with Crippen LogP contribution in [0.2, 0.25) is 0 Å². The van der Waals surface area contributed by atoms with Crippen LogP contribution < -0.4 is 5.73 Å². The highest BCUT2D eigenvalue weighted by molar-refractivity contribution is 5.90. The van der Waals surface area contributed by atoms with Crippen LogP contribution in [0.1, 0.15) is 61.4 Å². The van der Waals surface area contributed by atoms with E-state index in [1.165, 1.54) is 0 Å². The summed E-state index contributed by atoms with van der Waals surface area (Å²) in [6.45, 7) is 8.22. The maximum Gasteiger partial charge on any atom is 0.284 e. The van der Waals surface area contributed by atoms with Gasteiger partial charge in [0.15, 0.2) is 5.76 Å². The Hall–Kier alpha value is -1.25. The Balaban J connectivity index is 3.19. The lowest BCUT2D eigenvalue weighted by Crippen LogP contribution is -2.09. The Morgan fingerprint density at radius 1 is 1.29 bits per heavy atom. The fraction of sp³-hybridized carbons (Fsp3) is 0.545. The summed E-state index contributed by atoms with van der Waals surface area (Å²) < 4.78 is 5.42. The SMILES string of the molecule is CC(C)c1cc(C(N)=O)oc1C(C)C. The van der Waals surface area contributed by atoms with E-state index in [4.69, 9.17) is 10.2 Å². The van der Waals surface area contributed by atoms with Crippen LogP contribution in [-0.4, -0.2) is 5.91 Å². The average molecular weight is 195 g/mol. The molecule has 0 saturated carbocycles. The Morgan fingerprint density at radius 2 is 1.86 bits per heavy atom. The summed E-state index contributed by atoms with van der Waals surface area (Å²) in [6, 6.07) is 1.75. The first-order chi connectivity index (χ1) is 6.43. The maximum absolute atomic E-state index is 10.9. The van der Waals surface area contributed by atoms with E-state index < -0.39 is 5.91 Å². The highest BCUT2D eigenvalue weighted by atomic mass is 16.4. The van der Waals surface area contributed by atoms with Gasteiger partial charge in [0.2, 0.25) is 0 Å². The van der Waals surface area contributed by atoms with Gasteiger partial charge >= 0.3 is 0 Å². The van der Waals surface area contributed by atoms with E-state index in [0.717, 1.165) is 11.3 Å². The summed E-state index contributed by atoms with van der Waals surface area (Å²) in [7, 11) is 0. The van der Waals surface area contributed by atoms with Gasteiger partial charge in [-0.2, -0.15) is 0 Å². The third kappa shape index (κ3) is 1.97. The highest BCUT2D eigenvalue weighted by Crippen LogP contribution is 2.29. The van der Waals surface area contributed by atoms with E-state index in [9.17, 15) is 4.79 Å². The molecule has 0 unspecified atom stereocenters. The molecule has 0 bridgehead atoms. The maximum atomic E-state index is 10.9. The van der Waals surface area contributed by atoms with Crippen LogP contribution in [-0.2, 0) is 0 Å². The number of hydrogen-bond acceptors (Lipinski definition) is 2. The van der Waals surface area contributed by atoms with Gasteiger partial charge in [0.25, 0.3) is 5.91 Å². The number of primary amides is 1. The van der Waals surface area contributed by atoms with Crippen molar-refractivity contribution in [2.45, 2.75) is 39.5 Å². The zero-order valence-electron chi connectivity index (χ0n) is 9.13. The number of hydrogen-bond donors (Lipinski definition) is 1. The van der Waals surface area contributed by atoms with Gasteiger partial charge in [0.1, 0.15) is 5.76 Å². The fourth-order valence-electron chi connectivity index (χ4n) is 1.44. The molecule has 0 aliphatic heterocycles. The molecule has 1 heterocycles. The smallest absolute Gasteiger partial charge is 0.284 e. The van der Waals surface area contributed by atoms with Crippen LogP contribution in [0.4, 0.5) is 0 Å². The molecule has 0 atom stereocenters. The minimum Gasteiger partial charge on any atom is -0.455 e. The van der Waals surface area contributed by atoms with Crippen molar-refractivity contribution in [2.75, 3.05) is 0 Å². The van der Waals surface area contributed by atoms with Crippen molar-refractivity contribution < 1.29 is 9.21 Å². The second-order valence-corrected chi connectivity index (χ2v) is 4.10. The summed E-state index contributed by atoms with van der Waals surface area (Å²) in [4.78, 5) is 10.9. The van der Waals surface area contributed by atoms with Crippen molar-refractivity contribution in [2.24, 2.45) is 5.73 Å². The number of nitrogens with two attached hydrogens (primary N) is 1. The van der Waals surface area contributed by atoms with Crippen LogP contribution >= 0.6 is 0 Å². The van der Waals surface area contributed by atoms with Gasteiger partial charge in [0, 0.05) is 5.92 Å². The molecule has 0 fully saturated rings. The fourth-order valence-corrected chi connectivity index (χ4v) is 1.44. The Bertz CT molecular complexity index is 312. The number of furan rings is 1. The molecule has 2 N–H and O–H groups in total. The van der Waals surface area contributed by atoms with Crippen LogP contribution in [0.3, 0.4) is 0 Å². The first kappa shape index (κ1) is 10.8. The molecule has 0 saturated heterocycles. The van der Waals surface area contributed by atoms with Gasteiger partial charge in [-0.05, 0) is 17.5 Å². The molecule has 1 aromatic rings. The molecule has 1 aromatic heterocycles. The number of carbonyl (C=O) groups is 1. The largest absolute Gasteiger partial charge is 0.455 e. The predicted octanol–water partition coefficient (Wildman–Crippen LogP) is 2.63. The first-order valence-electron chi connectivity index (χ1n) is 4.87. The minimum absolute atomic E-state index is 0.261. The van der Waals surface area contributed by atoms with Gasteiger partial charge < -0.3 is 10.2 Å². The molecule has 78 valence electrons. The summed E-state index contributed by atoms with van der Waals surface area (Å²) >= 11 is 0. The number of rotatable bonds is 3. The molecule has 1 amide bonds. The Morgan fingerprint density at radius 3 is 2.14 bits per heavy atom. The Labute approximate surface area is 84.3 Å². The van der Waals surface area contributed by atoms with Crippen LogP contribution in [0.5, 0.6) is 0 Å². The lowest BCUT2D eigenvalue weighted by atomic mass is 9.98. The molecule has 0 aliphatic rings. The summed E-state index contributed by atoms with van der Waals surface area (Å²) in [5.74, 6) is 1.26. The topological polar surface area (TPSA) is 56.2 Å². The second kappa shape index (κ2) is 3.86. The lowest BCUT2D eigenvalue weighted by Gasteiger charge is -2.07. The molecule has 0 aliphatic carbocycles. The normalized spacial score (nSPS) is 11.3. The molecule has 0 aromatic carbocycles. The third-order valence-corrected chi connectivity index (χ3v) is 2.18. The van der Waals surface area contributed by atoms with E-state index in [2.05, 4.69) is 13.8 Å². The van der Waals surface area contributed by atoms with Crippen LogP contribution in [0.15, 0.2) is 10.5 Å². The summed E-state index contributed by atoms with van der Waals surface area (Å²) in [5.41, 5.74) is 6.24. The standard InChI is InChI=1S/C11H17NO2/c1-6(2)8-5-9(11(12)13)14-10(8)7(3)4/h5-7H,1-4H3,(H2,12,13). The highest BCUT2D eigenvalue weighted by Gasteiger charge is 2.18. The van der Waals surface area contributed by atoms with E-state index in [1.807, 2.05) is 13.8 Å². The van der Waals surface area contributed by atoms with Crippen LogP contribution in [0, 0.1) is 0 Å². The van der Waals surface area contributed by atoms with Crippen molar-refractivity contribution in [3.8, 4) is 0 Å². The van der Waals surface area contributed by atoms with Gasteiger partial charge in [-0.15, -0.1) is 0 Å². The van der Waals surface area contributed by atoms with E-state index in [-0.39, 0.29) is 11.7 Å². The first-order valence-corrected chi connectivity index (χ1v) is 4.87. The van der Waals surface area contributed by atoms with Crippen molar-refractivity contribution in [1.82, 2.24) is 0 Å². The molecule has 3 nitrogen and oxygen atoms in total. The van der Waals surface area contributed by atoms with Gasteiger partial charge in [-0.25, -0.2) is 0 Å². The second-order valence-electron chi connectivity index (χ2n) is 4.10. The monoisotopic (exact) mass is 195 g/mol. The number of amides is 1. The minimum atomic E-state index is -0.501. The zero-order chi connectivity index (χ0) is 10.9. The van der Waals surface area contributed by atoms with Crippen molar-refractivity contribution in [3.05, 3.63) is 23.2 Å². The van der Waals surface area contributed by atoms with E-state index >= 15 is 0 Å². The van der Waals surface area contributed by atoms with Gasteiger partial charge in [0.05, 0.1) is 0 Å². The predicted molar refractivity (Wildman–Crippen MR) is 55.4 cm³/mol. The van der Waals surface area contributed by atoms with Gasteiger partial charge in [-0.3, -0.25) is 4.79 Å². The third-order valence-electron chi connectivity index (χ3n) is 2.18. The molecule has 14 heavy (non-hydrogen) atoms. The van der Waals surface area contributed by atoms with E-state index in [0.29, 0.717) is 5.92 Å². The van der Waals surface area contributed by atoms with Gasteiger partial charge in [-0.1, -0.05) is 27.7 Å². The Kier molecular flexibility index (Phi) is 2.99. The van der Waals surface area contributed by atoms with E-state index in [1.54, 1.807) is 6.07 Å². The molecular formula is C11H17NO2. The molecule has 1 rings (SSSR count). The van der Waals surface area contributed by atoms with Crippen molar-refractivity contribution in [3.63, 3.8) is 0 Å². The summed E-state index contributed by atoms with van der Waals surface area (Å²) in [5, 5.41) is 0. The summed E-state index contributed by atoms with van der Waals surface area (Å²) in [6.07, 6.45) is 0.